The van der Waals surface area contributed by atoms with Crippen LogP contribution in [0.1, 0.15) is 5.69 Å². The lowest BCUT2D eigenvalue weighted by Crippen LogP contribution is -1.88. The second-order valence-electron chi connectivity index (χ2n) is 3.29. The highest BCUT2D eigenvalue weighted by atomic mass is 35.5. The van der Waals surface area contributed by atoms with Gasteiger partial charge in [0.15, 0.2) is 0 Å². The smallest absolute Gasteiger partial charge is 0.147 e. The van der Waals surface area contributed by atoms with Gasteiger partial charge in [0.05, 0.1) is 21.3 Å². The summed E-state index contributed by atoms with van der Waals surface area (Å²) in [6.07, 6.45) is 1.43. The molecule has 1 aromatic carbocycles. The summed E-state index contributed by atoms with van der Waals surface area (Å²) in [5.74, 6) is 0.826. The van der Waals surface area contributed by atoms with Crippen LogP contribution in [0.15, 0.2) is 30.5 Å². The quantitative estimate of drug-likeness (QED) is 0.755. The molecule has 1 heterocycles. The molecule has 0 aliphatic heterocycles. The van der Waals surface area contributed by atoms with Crippen LogP contribution in [0.2, 0.25) is 15.1 Å². The van der Waals surface area contributed by atoms with Crippen molar-refractivity contribution < 1.29 is 4.74 Å². The Bertz CT molecular complexity index is 620. The number of nitriles is 1. The Labute approximate surface area is 118 Å². The van der Waals surface area contributed by atoms with E-state index in [1.165, 1.54) is 18.3 Å². The highest BCUT2D eigenvalue weighted by molar-refractivity contribution is 6.43. The number of halogens is 3. The molecule has 0 amide bonds. The summed E-state index contributed by atoms with van der Waals surface area (Å²) in [6.45, 7) is 0. The monoisotopic (exact) mass is 298 g/mol. The van der Waals surface area contributed by atoms with Gasteiger partial charge in [-0.25, -0.2) is 4.98 Å². The van der Waals surface area contributed by atoms with Gasteiger partial charge < -0.3 is 4.74 Å². The molecule has 6 heteroatoms. The number of hydrogen-bond acceptors (Lipinski definition) is 3. The second kappa shape index (κ2) is 5.45. The Morgan fingerprint density at radius 3 is 2.39 bits per heavy atom. The minimum absolute atomic E-state index is 0.308. The highest BCUT2D eigenvalue weighted by Crippen LogP contribution is 2.36. The SMILES string of the molecule is N#Cc1ccc(Oc2cc(Cl)c(Cl)cc2Cl)cn1. The molecule has 0 N–H and O–H groups in total. The molecule has 0 saturated carbocycles. The first-order valence-corrected chi connectivity index (χ1v) is 5.92. The zero-order valence-corrected chi connectivity index (χ0v) is 11.1. The normalized spacial score (nSPS) is 9.89. The van der Waals surface area contributed by atoms with Crippen LogP contribution < -0.4 is 4.74 Å². The van der Waals surface area contributed by atoms with Crippen molar-refractivity contribution in [1.82, 2.24) is 4.98 Å². The van der Waals surface area contributed by atoms with Crippen molar-refractivity contribution in [2.45, 2.75) is 0 Å². The maximum Gasteiger partial charge on any atom is 0.147 e. The van der Waals surface area contributed by atoms with Gasteiger partial charge in [-0.1, -0.05) is 34.8 Å². The Balaban J connectivity index is 2.28. The Morgan fingerprint density at radius 2 is 1.78 bits per heavy atom. The molecule has 0 bridgehead atoms. The van der Waals surface area contributed by atoms with Crippen LogP contribution >= 0.6 is 34.8 Å². The molecule has 0 aliphatic carbocycles. The van der Waals surface area contributed by atoms with Gasteiger partial charge in [-0.05, 0) is 18.2 Å². The van der Waals surface area contributed by atoms with E-state index in [0.29, 0.717) is 32.3 Å². The van der Waals surface area contributed by atoms with Gasteiger partial charge in [-0.2, -0.15) is 5.26 Å². The molecule has 0 radical (unpaired) electrons. The van der Waals surface area contributed by atoms with Gasteiger partial charge in [-0.15, -0.1) is 0 Å². The number of aromatic nitrogens is 1. The maximum atomic E-state index is 8.62. The number of ether oxygens (including phenoxy) is 1. The van der Waals surface area contributed by atoms with Crippen molar-refractivity contribution in [2.24, 2.45) is 0 Å². The number of pyridine rings is 1. The Kier molecular flexibility index (Phi) is 3.93. The van der Waals surface area contributed by atoms with Crippen LogP contribution in [0, 0.1) is 11.3 Å². The van der Waals surface area contributed by atoms with Gasteiger partial charge >= 0.3 is 0 Å². The second-order valence-corrected chi connectivity index (χ2v) is 4.51. The van der Waals surface area contributed by atoms with Gasteiger partial charge in [-0.3, -0.25) is 0 Å². The number of hydrogen-bond donors (Lipinski definition) is 0. The van der Waals surface area contributed by atoms with E-state index in [2.05, 4.69) is 4.98 Å². The molecule has 0 unspecified atom stereocenters. The van der Waals surface area contributed by atoms with E-state index in [1.54, 1.807) is 12.1 Å². The van der Waals surface area contributed by atoms with Crippen molar-refractivity contribution in [1.29, 1.82) is 5.26 Å². The topological polar surface area (TPSA) is 45.9 Å². The molecule has 18 heavy (non-hydrogen) atoms. The molecule has 0 aliphatic rings. The summed E-state index contributed by atoms with van der Waals surface area (Å²) < 4.78 is 5.50. The number of nitrogens with zero attached hydrogens (tertiary/aromatic N) is 2. The maximum absolute atomic E-state index is 8.62. The molecule has 1 aromatic heterocycles. The molecule has 3 nitrogen and oxygen atoms in total. The lowest BCUT2D eigenvalue weighted by Gasteiger charge is -2.08. The molecular formula is C12H5Cl3N2O. The van der Waals surface area contributed by atoms with E-state index in [9.17, 15) is 0 Å². The van der Waals surface area contributed by atoms with Gasteiger partial charge in [0.2, 0.25) is 0 Å². The third-order valence-corrected chi connectivity index (χ3v) is 3.07. The minimum atomic E-state index is 0.308. The molecule has 0 fully saturated rings. The number of rotatable bonds is 2. The van der Waals surface area contributed by atoms with Crippen LogP contribution in [0.4, 0.5) is 0 Å². The van der Waals surface area contributed by atoms with Crippen LogP contribution in [0.25, 0.3) is 0 Å². The average molecular weight is 300 g/mol. The van der Waals surface area contributed by atoms with E-state index in [1.807, 2.05) is 6.07 Å². The van der Waals surface area contributed by atoms with Gasteiger partial charge in [0.1, 0.15) is 23.3 Å². The molecule has 2 rings (SSSR count). The van der Waals surface area contributed by atoms with Crippen molar-refractivity contribution in [3.8, 4) is 17.6 Å². The lowest BCUT2D eigenvalue weighted by molar-refractivity contribution is 0.480. The van der Waals surface area contributed by atoms with E-state index in [-0.39, 0.29) is 0 Å². The van der Waals surface area contributed by atoms with Crippen LogP contribution in [0.3, 0.4) is 0 Å². The lowest BCUT2D eigenvalue weighted by atomic mass is 10.3. The van der Waals surface area contributed by atoms with Crippen LogP contribution in [0.5, 0.6) is 11.5 Å². The van der Waals surface area contributed by atoms with Crippen molar-refractivity contribution in [2.75, 3.05) is 0 Å². The first-order valence-electron chi connectivity index (χ1n) is 4.78. The predicted molar refractivity (Wildman–Crippen MR) is 70.5 cm³/mol. The van der Waals surface area contributed by atoms with E-state index in [4.69, 9.17) is 44.8 Å². The Hall–Kier alpha value is -1.47. The van der Waals surface area contributed by atoms with E-state index >= 15 is 0 Å². The third kappa shape index (κ3) is 2.85. The zero-order valence-electron chi connectivity index (χ0n) is 8.82. The summed E-state index contributed by atoms with van der Waals surface area (Å²) in [7, 11) is 0. The van der Waals surface area contributed by atoms with Crippen LogP contribution in [-0.2, 0) is 0 Å². The van der Waals surface area contributed by atoms with Crippen LogP contribution in [-0.4, -0.2) is 4.98 Å². The fraction of sp³-hybridized carbons (Fsp3) is 0. The molecule has 90 valence electrons. The van der Waals surface area contributed by atoms with Gasteiger partial charge in [0.25, 0.3) is 0 Å². The molecule has 0 atom stereocenters. The third-order valence-electron chi connectivity index (χ3n) is 2.05. The summed E-state index contributed by atoms with van der Waals surface area (Å²) in [4.78, 5) is 3.87. The molecular weight excluding hydrogens is 295 g/mol. The predicted octanol–water partition coefficient (Wildman–Crippen LogP) is 4.71. The van der Waals surface area contributed by atoms with Crippen molar-refractivity contribution in [3.05, 3.63) is 51.2 Å². The molecule has 0 saturated heterocycles. The largest absolute Gasteiger partial charge is 0.454 e. The van der Waals surface area contributed by atoms with Crippen molar-refractivity contribution in [3.63, 3.8) is 0 Å². The molecule has 0 spiro atoms. The van der Waals surface area contributed by atoms with Crippen molar-refractivity contribution >= 4 is 34.8 Å². The summed E-state index contributed by atoms with van der Waals surface area (Å²) in [6, 6.07) is 8.09. The highest BCUT2D eigenvalue weighted by Gasteiger charge is 2.08. The summed E-state index contributed by atoms with van der Waals surface area (Å²) in [5.41, 5.74) is 0.308. The fourth-order valence-electron chi connectivity index (χ4n) is 1.22. The first kappa shape index (κ1) is 13.0. The average Bonchev–Trinajstić information content (AvgIpc) is 2.37. The first-order chi connectivity index (χ1) is 8.60. The summed E-state index contributed by atoms with van der Waals surface area (Å²) in [5, 5.41) is 9.66. The fourth-order valence-corrected chi connectivity index (χ4v) is 1.79. The van der Waals surface area contributed by atoms with Gasteiger partial charge in [0, 0.05) is 6.07 Å². The number of benzene rings is 1. The minimum Gasteiger partial charge on any atom is -0.454 e. The standard InChI is InChI=1S/C12H5Cl3N2O/c13-9-3-11(15)12(4-10(9)14)18-8-2-1-7(5-16)17-6-8/h1-4,6H. The van der Waals surface area contributed by atoms with E-state index < -0.39 is 0 Å². The summed E-state index contributed by atoms with van der Waals surface area (Å²) >= 11 is 17.6. The Morgan fingerprint density at radius 1 is 1.06 bits per heavy atom. The van der Waals surface area contributed by atoms with E-state index in [0.717, 1.165) is 0 Å². The zero-order chi connectivity index (χ0) is 13.1. The molecule has 2 aromatic rings.